The van der Waals surface area contributed by atoms with Crippen molar-refractivity contribution >= 4 is 0 Å². The molecule has 0 aliphatic heterocycles. The highest BCUT2D eigenvalue weighted by Gasteiger charge is 2.28. The van der Waals surface area contributed by atoms with Crippen LogP contribution in [0.2, 0.25) is 0 Å². The van der Waals surface area contributed by atoms with E-state index >= 15 is 0 Å². The standard InChI is InChI=1S/C18H31N/c1-8-17(6,9-2)15-13-19-16(12-14(15)5)18(7,10-3)11-4/h12-13H,8-11H2,1-7H3. The average molecular weight is 261 g/mol. The van der Waals surface area contributed by atoms with Crippen LogP contribution in [-0.2, 0) is 10.8 Å². The van der Waals surface area contributed by atoms with Gasteiger partial charge in [0.15, 0.2) is 0 Å². The molecule has 1 aromatic heterocycles. The molecule has 0 aliphatic rings. The normalized spacial score (nSPS) is 12.8. The highest BCUT2D eigenvalue weighted by molar-refractivity contribution is 5.34. The summed E-state index contributed by atoms with van der Waals surface area (Å²) in [6.45, 7) is 16.0. The summed E-state index contributed by atoms with van der Waals surface area (Å²) in [6.07, 6.45) is 6.78. The second-order valence-electron chi connectivity index (χ2n) is 6.42. The number of hydrogen-bond donors (Lipinski definition) is 0. The van der Waals surface area contributed by atoms with E-state index in [1.807, 2.05) is 0 Å². The van der Waals surface area contributed by atoms with E-state index in [0.717, 1.165) is 12.8 Å². The van der Waals surface area contributed by atoms with Crippen LogP contribution in [-0.4, -0.2) is 4.98 Å². The molecule has 19 heavy (non-hydrogen) atoms. The first kappa shape index (κ1) is 16.2. The van der Waals surface area contributed by atoms with Gasteiger partial charge in [-0.05, 0) is 55.2 Å². The number of aryl methyl sites for hydroxylation is 1. The van der Waals surface area contributed by atoms with E-state index in [1.165, 1.54) is 29.7 Å². The molecule has 108 valence electrons. The number of aromatic nitrogens is 1. The van der Waals surface area contributed by atoms with Gasteiger partial charge in [-0.25, -0.2) is 0 Å². The number of nitrogens with zero attached hydrogens (tertiary/aromatic N) is 1. The Hall–Kier alpha value is -0.850. The van der Waals surface area contributed by atoms with Gasteiger partial charge in [0.25, 0.3) is 0 Å². The second-order valence-corrected chi connectivity index (χ2v) is 6.42. The first-order valence-corrected chi connectivity index (χ1v) is 7.84. The molecule has 0 aliphatic carbocycles. The molecule has 0 unspecified atom stereocenters. The molecule has 0 N–H and O–H groups in total. The molecule has 0 saturated heterocycles. The van der Waals surface area contributed by atoms with E-state index in [9.17, 15) is 0 Å². The molecule has 1 heterocycles. The Labute approximate surface area is 119 Å². The fourth-order valence-corrected chi connectivity index (χ4v) is 2.76. The van der Waals surface area contributed by atoms with Gasteiger partial charge in [0.1, 0.15) is 0 Å². The quantitative estimate of drug-likeness (QED) is 0.654. The molecule has 0 amide bonds. The Kier molecular flexibility index (Phi) is 5.18. The lowest BCUT2D eigenvalue weighted by molar-refractivity contribution is 0.416. The Morgan fingerprint density at radius 1 is 0.895 bits per heavy atom. The van der Waals surface area contributed by atoms with Gasteiger partial charge in [0.2, 0.25) is 0 Å². The Bertz CT molecular complexity index is 412. The lowest BCUT2D eigenvalue weighted by atomic mass is 9.75. The van der Waals surface area contributed by atoms with Crippen molar-refractivity contribution in [2.24, 2.45) is 0 Å². The fourth-order valence-electron chi connectivity index (χ4n) is 2.76. The van der Waals surface area contributed by atoms with E-state index < -0.39 is 0 Å². The molecule has 1 aromatic rings. The minimum Gasteiger partial charge on any atom is -0.260 e. The lowest BCUT2D eigenvalue weighted by Gasteiger charge is -2.31. The third-order valence-corrected chi connectivity index (χ3v) is 5.50. The summed E-state index contributed by atoms with van der Waals surface area (Å²) < 4.78 is 0. The second kappa shape index (κ2) is 6.07. The highest BCUT2D eigenvalue weighted by atomic mass is 14.7. The summed E-state index contributed by atoms with van der Waals surface area (Å²) in [5.41, 5.74) is 4.58. The van der Waals surface area contributed by atoms with E-state index in [0.29, 0.717) is 0 Å². The molecule has 0 bridgehead atoms. The summed E-state index contributed by atoms with van der Waals surface area (Å²) in [6, 6.07) is 2.33. The summed E-state index contributed by atoms with van der Waals surface area (Å²) in [5.74, 6) is 0. The zero-order valence-corrected chi connectivity index (χ0v) is 13.9. The lowest BCUT2D eigenvalue weighted by Crippen LogP contribution is -2.25. The van der Waals surface area contributed by atoms with Crippen LogP contribution < -0.4 is 0 Å². The van der Waals surface area contributed by atoms with Crippen molar-refractivity contribution in [3.63, 3.8) is 0 Å². The highest BCUT2D eigenvalue weighted by Crippen LogP contribution is 2.36. The van der Waals surface area contributed by atoms with Gasteiger partial charge in [-0.2, -0.15) is 0 Å². The van der Waals surface area contributed by atoms with E-state index in [2.05, 4.69) is 60.7 Å². The van der Waals surface area contributed by atoms with Crippen molar-refractivity contribution in [3.05, 3.63) is 29.1 Å². The molecule has 0 radical (unpaired) electrons. The van der Waals surface area contributed by atoms with Crippen molar-refractivity contribution in [2.45, 2.75) is 85.0 Å². The maximum absolute atomic E-state index is 4.82. The molecule has 1 rings (SSSR count). The minimum absolute atomic E-state index is 0.220. The summed E-state index contributed by atoms with van der Waals surface area (Å²) in [7, 11) is 0. The summed E-state index contributed by atoms with van der Waals surface area (Å²) in [4.78, 5) is 4.82. The van der Waals surface area contributed by atoms with Crippen LogP contribution in [0.3, 0.4) is 0 Å². The summed E-state index contributed by atoms with van der Waals surface area (Å²) in [5, 5.41) is 0. The average Bonchev–Trinajstić information content (AvgIpc) is 2.45. The molecule has 0 saturated carbocycles. The molecule has 0 spiro atoms. The molecular weight excluding hydrogens is 230 g/mol. The molecular formula is C18H31N. The van der Waals surface area contributed by atoms with Gasteiger partial charge in [-0.15, -0.1) is 0 Å². The van der Waals surface area contributed by atoms with Crippen LogP contribution in [0.4, 0.5) is 0 Å². The Balaban J connectivity index is 3.25. The molecule has 1 nitrogen and oxygen atoms in total. The van der Waals surface area contributed by atoms with Crippen LogP contribution >= 0.6 is 0 Å². The van der Waals surface area contributed by atoms with Gasteiger partial charge >= 0.3 is 0 Å². The van der Waals surface area contributed by atoms with Crippen LogP contribution in [0.15, 0.2) is 12.3 Å². The summed E-state index contributed by atoms with van der Waals surface area (Å²) >= 11 is 0. The van der Waals surface area contributed by atoms with Crippen molar-refractivity contribution < 1.29 is 0 Å². The monoisotopic (exact) mass is 261 g/mol. The van der Waals surface area contributed by atoms with Gasteiger partial charge in [-0.1, -0.05) is 41.5 Å². The number of pyridine rings is 1. The van der Waals surface area contributed by atoms with Crippen LogP contribution in [0.1, 0.15) is 84.0 Å². The largest absolute Gasteiger partial charge is 0.260 e. The van der Waals surface area contributed by atoms with Crippen molar-refractivity contribution in [2.75, 3.05) is 0 Å². The SMILES string of the molecule is CCC(C)(CC)c1cc(C)c(C(C)(CC)CC)cn1. The maximum atomic E-state index is 4.82. The topological polar surface area (TPSA) is 12.9 Å². The minimum atomic E-state index is 0.220. The predicted octanol–water partition coefficient (Wildman–Crippen LogP) is 5.55. The van der Waals surface area contributed by atoms with Crippen molar-refractivity contribution in [1.82, 2.24) is 4.98 Å². The van der Waals surface area contributed by atoms with E-state index in [4.69, 9.17) is 4.98 Å². The fraction of sp³-hybridized carbons (Fsp3) is 0.722. The number of hydrogen-bond acceptors (Lipinski definition) is 1. The van der Waals surface area contributed by atoms with E-state index in [1.54, 1.807) is 0 Å². The van der Waals surface area contributed by atoms with E-state index in [-0.39, 0.29) is 10.8 Å². The zero-order valence-electron chi connectivity index (χ0n) is 13.9. The zero-order chi connectivity index (χ0) is 14.7. The molecule has 0 atom stereocenters. The maximum Gasteiger partial charge on any atom is 0.0465 e. The van der Waals surface area contributed by atoms with Gasteiger partial charge in [0.05, 0.1) is 0 Å². The molecule has 0 aromatic carbocycles. The first-order chi connectivity index (χ1) is 8.86. The van der Waals surface area contributed by atoms with Crippen molar-refractivity contribution in [1.29, 1.82) is 0 Å². The number of rotatable bonds is 6. The first-order valence-electron chi connectivity index (χ1n) is 7.84. The van der Waals surface area contributed by atoms with Crippen LogP contribution in [0.25, 0.3) is 0 Å². The smallest absolute Gasteiger partial charge is 0.0465 e. The third-order valence-electron chi connectivity index (χ3n) is 5.50. The van der Waals surface area contributed by atoms with Crippen LogP contribution in [0.5, 0.6) is 0 Å². The van der Waals surface area contributed by atoms with Gasteiger partial charge < -0.3 is 0 Å². The Morgan fingerprint density at radius 3 is 1.74 bits per heavy atom. The van der Waals surface area contributed by atoms with Gasteiger partial charge in [-0.3, -0.25) is 4.98 Å². The predicted molar refractivity (Wildman–Crippen MR) is 84.8 cm³/mol. The molecule has 0 fully saturated rings. The van der Waals surface area contributed by atoms with Gasteiger partial charge in [0, 0.05) is 17.3 Å². The third kappa shape index (κ3) is 3.01. The molecule has 1 heteroatoms. The van der Waals surface area contributed by atoms with Crippen molar-refractivity contribution in [3.8, 4) is 0 Å². The van der Waals surface area contributed by atoms with Crippen LogP contribution in [0, 0.1) is 6.92 Å². The Morgan fingerprint density at radius 2 is 1.37 bits per heavy atom.